The molecule has 0 radical (unpaired) electrons. The first-order valence-electron chi connectivity index (χ1n) is 7.09. The largest absolute Gasteiger partial charge is 0.341 e. The fourth-order valence-electron chi connectivity index (χ4n) is 2.64. The van der Waals surface area contributed by atoms with Gasteiger partial charge in [-0.25, -0.2) is 0 Å². The third kappa shape index (κ3) is 5.57. The average molecular weight is 277 g/mol. The molecule has 0 spiro atoms. The van der Waals surface area contributed by atoms with Crippen LogP contribution in [0.3, 0.4) is 0 Å². The second-order valence-corrected chi connectivity index (χ2v) is 5.77. The molecule has 0 aromatic rings. The molecule has 1 saturated heterocycles. The minimum absolute atomic E-state index is 0. The second-order valence-electron chi connectivity index (χ2n) is 5.77. The van der Waals surface area contributed by atoms with E-state index in [2.05, 4.69) is 20.8 Å². The van der Waals surface area contributed by atoms with Crippen molar-refractivity contribution in [3.8, 4) is 0 Å². The van der Waals surface area contributed by atoms with Gasteiger partial charge in [-0.05, 0) is 37.5 Å². The van der Waals surface area contributed by atoms with E-state index >= 15 is 0 Å². The number of amides is 1. The zero-order valence-electron chi connectivity index (χ0n) is 12.0. The Morgan fingerprint density at radius 1 is 1.33 bits per heavy atom. The Kier molecular flexibility index (Phi) is 8.62. The summed E-state index contributed by atoms with van der Waals surface area (Å²) in [5.74, 6) is 1.45. The van der Waals surface area contributed by atoms with Gasteiger partial charge in [0, 0.05) is 13.1 Å². The van der Waals surface area contributed by atoms with Crippen molar-refractivity contribution in [2.75, 3.05) is 13.1 Å². The molecule has 0 aliphatic carbocycles. The molecule has 18 heavy (non-hydrogen) atoms. The molecule has 0 aromatic carbocycles. The van der Waals surface area contributed by atoms with E-state index in [1.54, 1.807) is 0 Å². The summed E-state index contributed by atoms with van der Waals surface area (Å²) >= 11 is 0. The normalized spacial score (nSPS) is 22.3. The maximum Gasteiger partial charge on any atom is 0.239 e. The van der Waals surface area contributed by atoms with Crippen LogP contribution >= 0.6 is 12.4 Å². The van der Waals surface area contributed by atoms with Gasteiger partial charge in [0.1, 0.15) is 0 Å². The smallest absolute Gasteiger partial charge is 0.239 e. The van der Waals surface area contributed by atoms with Crippen molar-refractivity contribution in [3.63, 3.8) is 0 Å². The van der Waals surface area contributed by atoms with E-state index in [-0.39, 0.29) is 24.4 Å². The lowest BCUT2D eigenvalue weighted by Gasteiger charge is -2.25. The van der Waals surface area contributed by atoms with Crippen LogP contribution in [0.4, 0.5) is 0 Å². The number of hydrogen-bond donors (Lipinski definition) is 1. The molecule has 1 unspecified atom stereocenters. The molecule has 2 N–H and O–H groups in total. The Morgan fingerprint density at radius 3 is 2.56 bits per heavy atom. The van der Waals surface area contributed by atoms with Gasteiger partial charge >= 0.3 is 0 Å². The van der Waals surface area contributed by atoms with Gasteiger partial charge in [0.15, 0.2) is 0 Å². The number of hydrogen-bond acceptors (Lipinski definition) is 2. The SMILES string of the molecule is CCC1CCCN(C(=O)[C@@H](N)CC(C)C)CC1.Cl. The average Bonchev–Trinajstić information content (AvgIpc) is 2.52. The minimum Gasteiger partial charge on any atom is -0.341 e. The number of halogens is 1. The first-order chi connectivity index (χ1) is 8.04. The van der Waals surface area contributed by atoms with Gasteiger partial charge in [-0.15, -0.1) is 12.4 Å². The third-order valence-electron chi connectivity index (χ3n) is 3.78. The van der Waals surface area contributed by atoms with E-state index in [0.29, 0.717) is 5.92 Å². The Bertz CT molecular complexity index is 246. The Hall–Kier alpha value is -0.280. The van der Waals surface area contributed by atoms with Crippen LogP contribution in [0.5, 0.6) is 0 Å². The Labute approximate surface area is 118 Å². The molecule has 0 bridgehead atoms. The highest BCUT2D eigenvalue weighted by atomic mass is 35.5. The van der Waals surface area contributed by atoms with Crippen LogP contribution < -0.4 is 5.73 Å². The fraction of sp³-hybridized carbons (Fsp3) is 0.929. The van der Waals surface area contributed by atoms with E-state index in [9.17, 15) is 4.79 Å². The highest BCUT2D eigenvalue weighted by Crippen LogP contribution is 2.20. The highest BCUT2D eigenvalue weighted by molar-refractivity contribution is 5.85. The van der Waals surface area contributed by atoms with Gasteiger partial charge in [-0.3, -0.25) is 4.79 Å². The molecule has 2 atom stereocenters. The molecule has 1 fully saturated rings. The first-order valence-corrected chi connectivity index (χ1v) is 7.09. The number of carbonyl (C=O) groups excluding carboxylic acids is 1. The summed E-state index contributed by atoms with van der Waals surface area (Å²) in [6, 6.07) is -0.298. The van der Waals surface area contributed by atoms with Crippen molar-refractivity contribution in [3.05, 3.63) is 0 Å². The number of rotatable bonds is 4. The molecule has 0 aromatic heterocycles. The van der Waals surface area contributed by atoms with Gasteiger partial charge in [0.2, 0.25) is 5.91 Å². The van der Waals surface area contributed by atoms with Crippen LogP contribution in [-0.2, 0) is 4.79 Å². The molecular weight excluding hydrogens is 248 g/mol. The van der Waals surface area contributed by atoms with Crippen LogP contribution in [0.1, 0.15) is 52.9 Å². The molecule has 108 valence electrons. The third-order valence-corrected chi connectivity index (χ3v) is 3.78. The summed E-state index contributed by atoms with van der Waals surface area (Å²) < 4.78 is 0. The second kappa shape index (κ2) is 8.76. The van der Waals surface area contributed by atoms with E-state index in [0.717, 1.165) is 38.3 Å². The molecule has 3 nitrogen and oxygen atoms in total. The molecule has 4 heteroatoms. The molecule has 1 aliphatic heterocycles. The van der Waals surface area contributed by atoms with E-state index < -0.39 is 0 Å². The maximum atomic E-state index is 12.2. The lowest BCUT2D eigenvalue weighted by atomic mass is 9.98. The highest BCUT2D eigenvalue weighted by Gasteiger charge is 2.24. The zero-order chi connectivity index (χ0) is 12.8. The molecule has 1 aliphatic rings. The summed E-state index contributed by atoms with van der Waals surface area (Å²) in [6.45, 7) is 8.28. The van der Waals surface area contributed by atoms with E-state index in [4.69, 9.17) is 5.73 Å². The standard InChI is InChI=1S/C14H28N2O.ClH/c1-4-12-6-5-8-16(9-7-12)14(17)13(15)10-11(2)3;/h11-13H,4-10,15H2,1-3H3;1H/t12?,13-;/m0./s1. The zero-order valence-corrected chi connectivity index (χ0v) is 12.8. The molecule has 0 saturated carbocycles. The van der Waals surface area contributed by atoms with E-state index in [1.165, 1.54) is 12.8 Å². The number of carbonyl (C=O) groups is 1. The molecule has 1 amide bonds. The Morgan fingerprint density at radius 2 is 2.00 bits per heavy atom. The van der Waals surface area contributed by atoms with Crippen molar-refractivity contribution in [2.45, 2.75) is 58.9 Å². The number of nitrogens with zero attached hydrogens (tertiary/aromatic N) is 1. The monoisotopic (exact) mass is 276 g/mol. The molecule has 1 rings (SSSR count). The summed E-state index contributed by atoms with van der Waals surface area (Å²) in [5, 5.41) is 0. The van der Waals surface area contributed by atoms with Crippen molar-refractivity contribution < 1.29 is 4.79 Å². The van der Waals surface area contributed by atoms with Crippen molar-refractivity contribution in [1.82, 2.24) is 4.90 Å². The molecule has 1 heterocycles. The van der Waals surface area contributed by atoms with Gasteiger partial charge < -0.3 is 10.6 Å². The topological polar surface area (TPSA) is 46.3 Å². The van der Waals surface area contributed by atoms with Gasteiger partial charge in [-0.1, -0.05) is 27.2 Å². The van der Waals surface area contributed by atoms with Crippen LogP contribution in [0, 0.1) is 11.8 Å². The van der Waals surface area contributed by atoms with Crippen molar-refractivity contribution in [2.24, 2.45) is 17.6 Å². The summed E-state index contributed by atoms with van der Waals surface area (Å²) in [4.78, 5) is 14.2. The van der Waals surface area contributed by atoms with Crippen molar-refractivity contribution in [1.29, 1.82) is 0 Å². The number of likely N-dealkylation sites (tertiary alicyclic amines) is 1. The summed E-state index contributed by atoms with van der Waals surface area (Å²) in [7, 11) is 0. The number of nitrogens with two attached hydrogens (primary N) is 1. The van der Waals surface area contributed by atoms with Crippen LogP contribution in [0.15, 0.2) is 0 Å². The van der Waals surface area contributed by atoms with Crippen LogP contribution in [-0.4, -0.2) is 29.9 Å². The summed E-state index contributed by atoms with van der Waals surface area (Å²) in [6.07, 6.45) is 5.58. The van der Waals surface area contributed by atoms with Crippen LogP contribution in [0.2, 0.25) is 0 Å². The predicted molar refractivity (Wildman–Crippen MR) is 78.9 cm³/mol. The lowest BCUT2D eigenvalue weighted by molar-refractivity contribution is -0.132. The molecular formula is C14H29ClN2O. The van der Waals surface area contributed by atoms with Gasteiger partial charge in [0.25, 0.3) is 0 Å². The van der Waals surface area contributed by atoms with E-state index in [1.807, 2.05) is 4.90 Å². The maximum absolute atomic E-state index is 12.2. The minimum atomic E-state index is -0.298. The van der Waals surface area contributed by atoms with Gasteiger partial charge in [-0.2, -0.15) is 0 Å². The lowest BCUT2D eigenvalue weighted by Crippen LogP contribution is -2.44. The van der Waals surface area contributed by atoms with Crippen LogP contribution in [0.25, 0.3) is 0 Å². The van der Waals surface area contributed by atoms with Gasteiger partial charge in [0.05, 0.1) is 6.04 Å². The predicted octanol–water partition coefficient (Wildman–Crippen LogP) is 2.82. The quantitative estimate of drug-likeness (QED) is 0.858. The van der Waals surface area contributed by atoms with Crippen molar-refractivity contribution >= 4 is 18.3 Å². The first kappa shape index (κ1) is 17.7. The Balaban J connectivity index is 0.00000289. The summed E-state index contributed by atoms with van der Waals surface area (Å²) in [5.41, 5.74) is 5.98. The fourth-order valence-corrected chi connectivity index (χ4v) is 2.64.